The molecule has 1 aliphatic carbocycles. The average Bonchev–Trinajstić information content (AvgIpc) is 3.04. The predicted octanol–water partition coefficient (Wildman–Crippen LogP) is 4.76. The highest BCUT2D eigenvalue weighted by Crippen LogP contribution is 2.47. The number of methoxy groups -OCH3 is 2. The second-order valence-electron chi connectivity index (χ2n) is 5.70. The number of hydrogen-bond donors (Lipinski definition) is 0. The van der Waals surface area contributed by atoms with Gasteiger partial charge in [-0.25, -0.2) is 0 Å². The van der Waals surface area contributed by atoms with E-state index < -0.39 is 0 Å². The van der Waals surface area contributed by atoms with Crippen molar-refractivity contribution in [3.63, 3.8) is 0 Å². The first-order valence-electron chi connectivity index (χ1n) is 7.59. The van der Waals surface area contributed by atoms with E-state index in [1.54, 1.807) is 14.2 Å². The Morgan fingerprint density at radius 3 is 1.90 bits per heavy atom. The van der Waals surface area contributed by atoms with Crippen molar-refractivity contribution in [3.8, 4) is 11.5 Å². The lowest BCUT2D eigenvalue weighted by Gasteiger charge is -2.21. The third kappa shape index (κ3) is 2.90. The van der Waals surface area contributed by atoms with E-state index in [4.69, 9.17) is 9.47 Å². The third-order valence-corrected chi connectivity index (χ3v) is 4.55. The Bertz CT molecular complexity index is 570. The molecule has 0 aromatic heterocycles. The van der Waals surface area contributed by atoms with Crippen LogP contribution in [-0.2, 0) is 0 Å². The summed E-state index contributed by atoms with van der Waals surface area (Å²) in [6.07, 6.45) is 3.77. The molecule has 0 spiro atoms. The molecule has 0 amide bonds. The lowest BCUT2D eigenvalue weighted by Crippen LogP contribution is -2.05. The molecule has 2 heteroatoms. The van der Waals surface area contributed by atoms with E-state index in [9.17, 15) is 0 Å². The van der Waals surface area contributed by atoms with Gasteiger partial charge in [0.05, 0.1) is 14.2 Å². The van der Waals surface area contributed by atoms with Crippen LogP contribution >= 0.6 is 0 Å². The molecular formula is C19H22O2. The molecule has 1 fully saturated rings. The second-order valence-corrected chi connectivity index (χ2v) is 5.70. The highest BCUT2D eigenvalue weighted by atomic mass is 16.5. The molecule has 2 aromatic rings. The number of ether oxygens (including phenoxy) is 2. The fourth-order valence-corrected chi connectivity index (χ4v) is 3.50. The number of rotatable bonds is 4. The lowest BCUT2D eigenvalue weighted by molar-refractivity contribution is 0.392. The smallest absolute Gasteiger partial charge is 0.122 e. The van der Waals surface area contributed by atoms with Crippen molar-refractivity contribution < 1.29 is 9.47 Å². The first-order chi connectivity index (χ1) is 10.3. The Balaban J connectivity index is 1.95. The average molecular weight is 282 g/mol. The van der Waals surface area contributed by atoms with Gasteiger partial charge >= 0.3 is 0 Å². The van der Waals surface area contributed by atoms with Crippen molar-refractivity contribution in [2.24, 2.45) is 0 Å². The summed E-state index contributed by atoms with van der Waals surface area (Å²) in [6, 6.07) is 17.1. The molecule has 0 unspecified atom stereocenters. The quantitative estimate of drug-likeness (QED) is 0.805. The normalized spacial score (nSPS) is 21.2. The minimum atomic E-state index is 0.552. The first kappa shape index (κ1) is 14.0. The van der Waals surface area contributed by atoms with Gasteiger partial charge in [0.15, 0.2) is 0 Å². The van der Waals surface area contributed by atoms with Crippen LogP contribution in [0.4, 0.5) is 0 Å². The molecule has 2 aromatic carbocycles. The molecule has 1 saturated carbocycles. The second kappa shape index (κ2) is 6.21. The minimum Gasteiger partial charge on any atom is -0.497 e. The Morgan fingerprint density at radius 1 is 0.762 bits per heavy atom. The van der Waals surface area contributed by atoms with Crippen molar-refractivity contribution in [1.29, 1.82) is 0 Å². The van der Waals surface area contributed by atoms with Crippen LogP contribution in [0.3, 0.4) is 0 Å². The third-order valence-electron chi connectivity index (χ3n) is 4.55. The van der Waals surface area contributed by atoms with Gasteiger partial charge in [-0.05, 0) is 47.9 Å². The van der Waals surface area contributed by atoms with E-state index >= 15 is 0 Å². The van der Waals surface area contributed by atoms with Crippen molar-refractivity contribution in [3.05, 3.63) is 59.7 Å². The van der Waals surface area contributed by atoms with Crippen molar-refractivity contribution in [2.75, 3.05) is 14.2 Å². The summed E-state index contributed by atoms with van der Waals surface area (Å²) in [5, 5.41) is 0. The van der Waals surface area contributed by atoms with E-state index in [2.05, 4.69) is 42.5 Å². The molecule has 0 aliphatic heterocycles. The van der Waals surface area contributed by atoms with E-state index in [1.807, 2.05) is 6.07 Å². The van der Waals surface area contributed by atoms with Gasteiger partial charge in [0.25, 0.3) is 0 Å². The number of benzene rings is 2. The summed E-state index contributed by atoms with van der Waals surface area (Å²) in [4.78, 5) is 0. The van der Waals surface area contributed by atoms with Gasteiger partial charge in [-0.1, -0.05) is 36.8 Å². The van der Waals surface area contributed by atoms with Gasteiger partial charge in [-0.2, -0.15) is 0 Å². The monoisotopic (exact) mass is 282 g/mol. The van der Waals surface area contributed by atoms with Crippen molar-refractivity contribution >= 4 is 0 Å². The topological polar surface area (TPSA) is 18.5 Å². The molecule has 0 saturated heterocycles. The maximum Gasteiger partial charge on any atom is 0.122 e. The van der Waals surface area contributed by atoms with Crippen LogP contribution in [0.25, 0.3) is 0 Å². The van der Waals surface area contributed by atoms with Gasteiger partial charge in [-0.3, -0.25) is 0 Å². The van der Waals surface area contributed by atoms with Gasteiger partial charge in [0.2, 0.25) is 0 Å². The van der Waals surface area contributed by atoms with Crippen LogP contribution in [0.1, 0.15) is 42.2 Å². The fraction of sp³-hybridized carbons (Fsp3) is 0.368. The van der Waals surface area contributed by atoms with E-state index in [0.717, 1.165) is 11.5 Å². The molecule has 21 heavy (non-hydrogen) atoms. The fourth-order valence-electron chi connectivity index (χ4n) is 3.50. The van der Waals surface area contributed by atoms with Crippen LogP contribution in [0.2, 0.25) is 0 Å². The highest BCUT2D eigenvalue weighted by Gasteiger charge is 2.30. The summed E-state index contributed by atoms with van der Waals surface area (Å²) in [6.45, 7) is 0. The maximum absolute atomic E-state index is 5.42. The summed E-state index contributed by atoms with van der Waals surface area (Å²) in [5.41, 5.74) is 2.78. The molecule has 110 valence electrons. The van der Waals surface area contributed by atoms with Gasteiger partial charge in [-0.15, -0.1) is 0 Å². The Morgan fingerprint density at radius 2 is 1.33 bits per heavy atom. The highest BCUT2D eigenvalue weighted by molar-refractivity contribution is 5.42. The van der Waals surface area contributed by atoms with Crippen LogP contribution in [0.5, 0.6) is 11.5 Å². The van der Waals surface area contributed by atoms with Crippen LogP contribution in [0, 0.1) is 0 Å². The summed E-state index contributed by atoms with van der Waals surface area (Å²) >= 11 is 0. The minimum absolute atomic E-state index is 0.552. The largest absolute Gasteiger partial charge is 0.497 e. The maximum atomic E-state index is 5.42. The zero-order valence-corrected chi connectivity index (χ0v) is 12.7. The van der Waals surface area contributed by atoms with Crippen molar-refractivity contribution in [2.45, 2.75) is 31.1 Å². The number of hydrogen-bond acceptors (Lipinski definition) is 2. The molecule has 1 aliphatic rings. The van der Waals surface area contributed by atoms with E-state index in [1.165, 1.54) is 30.4 Å². The summed E-state index contributed by atoms with van der Waals surface area (Å²) in [5.74, 6) is 2.91. The van der Waals surface area contributed by atoms with Gasteiger partial charge in [0.1, 0.15) is 11.5 Å². The predicted molar refractivity (Wildman–Crippen MR) is 85.3 cm³/mol. The first-order valence-corrected chi connectivity index (χ1v) is 7.59. The van der Waals surface area contributed by atoms with E-state index in [0.29, 0.717) is 11.8 Å². The zero-order valence-electron chi connectivity index (χ0n) is 12.7. The van der Waals surface area contributed by atoms with Gasteiger partial charge < -0.3 is 9.47 Å². The molecule has 0 radical (unpaired) electrons. The van der Waals surface area contributed by atoms with Crippen LogP contribution in [-0.4, -0.2) is 14.2 Å². The van der Waals surface area contributed by atoms with Crippen molar-refractivity contribution in [1.82, 2.24) is 0 Å². The lowest BCUT2D eigenvalue weighted by atomic mass is 9.84. The molecule has 2 atom stereocenters. The Hall–Kier alpha value is -1.96. The van der Waals surface area contributed by atoms with Crippen LogP contribution < -0.4 is 9.47 Å². The molecule has 3 rings (SSSR count). The zero-order chi connectivity index (χ0) is 14.7. The van der Waals surface area contributed by atoms with Gasteiger partial charge in [0, 0.05) is 6.07 Å². The molecular weight excluding hydrogens is 260 g/mol. The Kier molecular flexibility index (Phi) is 4.14. The SMILES string of the molecule is COc1cc(OC)cc([C@@H]2CCC[C@H]2c2ccccc2)c1. The molecule has 0 bridgehead atoms. The Labute approximate surface area is 126 Å². The molecule has 0 heterocycles. The van der Waals surface area contributed by atoms with E-state index in [-0.39, 0.29) is 0 Å². The van der Waals surface area contributed by atoms with Crippen LogP contribution in [0.15, 0.2) is 48.5 Å². The standard InChI is InChI=1S/C19H22O2/c1-20-16-11-15(12-17(13-16)21-2)19-10-6-9-18(19)14-7-4-3-5-8-14/h3-5,7-8,11-13,18-19H,6,9-10H2,1-2H3/t18-,19-/m0/s1. The summed E-state index contributed by atoms with van der Waals surface area (Å²) in [7, 11) is 3.42. The summed E-state index contributed by atoms with van der Waals surface area (Å²) < 4.78 is 10.8. The molecule has 2 nitrogen and oxygen atoms in total. The molecule has 0 N–H and O–H groups in total.